The molecule has 0 atom stereocenters. The van der Waals surface area contributed by atoms with Crippen molar-refractivity contribution in [3.63, 3.8) is 0 Å². The first kappa shape index (κ1) is 25.9. The van der Waals surface area contributed by atoms with Crippen molar-refractivity contribution in [3.05, 3.63) is 118 Å². The maximum Gasteiger partial charge on any atom is 0.416 e. The molecule has 3 nitrogen and oxygen atoms in total. The number of ether oxygens (including phenoxy) is 1. The molecule has 38 heavy (non-hydrogen) atoms. The third kappa shape index (κ3) is 5.57. The van der Waals surface area contributed by atoms with Gasteiger partial charge in [-0.15, -0.1) is 0 Å². The maximum absolute atomic E-state index is 13.1. The SMILES string of the molecule is COc1ccc(-c2nc(-c3ccc(Cl)cc3Cl)cn2Cc2ccc(-c3cccc(C(F)(F)F)c3)cc2)cc1. The van der Waals surface area contributed by atoms with Gasteiger partial charge in [0.2, 0.25) is 0 Å². The molecule has 0 aliphatic heterocycles. The van der Waals surface area contributed by atoms with E-state index in [2.05, 4.69) is 0 Å². The zero-order valence-electron chi connectivity index (χ0n) is 20.1. The molecule has 0 radical (unpaired) electrons. The van der Waals surface area contributed by atoms with Crippen molar-refractivity contribution >= 4 is 23.2 Å². The van der Waals surface area contributed by atoms with Crippen molar-refractivity contribution < 1.29 is 17.9 Å². The standard InChI is InChI=1S/C30H21Cl2F3N2O/c1-38-25-12-9-21(10-13-25)29-36-28(26-14-11-24(31)16-27(26)32)18-37(29)17-19-5-7-20(8-6-19)22-3-2-4-23(15-22)30(33,34)35/h2-16,18H,17H2,1H3. The number of aromatic nitrogens is 2. The van der Waals surface area contributed by atoms with Crippen LogP contribution in [0.1, 0.15) is 11.1 Å². The van der Waals surface area contributed by atoms with Crippen LogP contribution in [0.5, 0.6) is 5.75 Å². The highest BCUT2D eigenvalue weighted by atomic mass is 35.5. The predicted molar refractivity (Wildman–Crippen MR) is 146 cm³/mol. The first-order valence-electron chi connectivity index (χ1n) is 11.6. The number of hydrogen-bond donors (Lipinski definition) is 0. The Morgan fingerprint density at radius 3 is 2.18 bits per heavy atom. The van der Waals surface area contributed by atoms with E-state index in [9.17, 15) is 13.2 Å². The third-order valence-electron chi connectivity index (χ3n) is 6.16. The van der Waals surface area contributed by atoms with Crippen LogP contribution in [0, 0.1) is 0 Å². The van der Waals surface area contributed by atoms with Crippen LogP contribution < -0.4 is 4.74 Å². The third-order valence-corrected chi connectivity index (χ3v) is 6.71. The molecule has 0 amide bonds. The van der Waals surface area contributed by atoms with E-state index < -0.39 is 11.7 Å². The van der Waals surface area contributed by atoms with E-state index in [1.54, 1.807) is 25.3 Å². The molecular formula is C30H21Cl2F3N2O. The van der Waals surface area contributed by atoms with Gasteiger partial charge in [-0.2, -0.15) is 13.2 Å². The summed E-state index contributed by atoms with van der Waals surface area (Å²) in [5, 5.41) is 1.03. The Bertz CT molecular complexity index is 1580. The number of alkyl halides is 3. The molecule has 1 heterocycles. The number of benzene rings is 4. The molecule has 0 bridgehead atoms. The number of hydrogen-bond acceptors (Lipinski definition) is 2. The van der Waals surface area contributed by atoms with E-state index in [4.69, 9.17) is 32.9 Å². The van der Waals surface area contributed by atoms with Crippen LogP contribution in [0.15, 0.2) is 97.2 Å². The van der Waals surface area contributed by atoms with Crippen molar-refractivity contribution in [2.75, 3.05) is 7.11 Å². The molecule has 0 N–H and O–H groups in total. The van der Waals surface area contributed by atoms with Gasteiger partial charge in [0.25, 0.3) is 0 Å². The lowest BCUT2D eigenvalue weighted by Gasteiger charge is -2.11. The highest BCUT2D eigenvalue weighted by Gasteiger charge is 2.30. The highest BCUT2D eigenvalue weighted by molar-refractivity contribution is 6.36. The summed E-state index contributed by atoms with van der Waals surface area (Å²) < 4.78 is 46.7. The van der Waals surface area contributed by atoms with E-state index in [-0.39, 0.29) is 0 Å². The van der Waals surface area contributed by atoms with Crippen molar-refractivity contribution in [3.8, 4) is 39.5 Å². The Morgan fingerprint density at radius 1 is 0.816 bits per heavy atom. The minimum Gasteiger partial charge on any atom is -0.497 e. The molecule has 8 heteroatoms. The normalized spacial score (nSPS) is 11.5. The zero-order chi connectivity index (χ0) is 26.9. The summed E-state index contributed by atoms with van der Waals surface area (Å²) in [6.07, 6.45) is -2.46. The Morgan fingerprint density at radius 2 is 1.53 bits per heavy atom. The molecular weight excluding hydrogens is 532 g/mol. The van der Waals surface area contributed by atoms with Gasteiger partial charge in [-0.3, -0.25) is 0 Å². The molecule has 0 fully saturated rings. The lowest BCUT2D eigenvalue weighted by Crippen LogP contribution is -2.04. The van der Waals surface area contributed by atoms with E-state index in [1.807, 2.05) is 65.4 Å². The molecule has 0 saturated heterocycles. The summed E-state index contributed by atoms with van der Waals surface area (Å²) in [4.78, 5) is 4.88. The second kappa shape index (κ2) is 10.6. The molecule has 0 spiro atoms. The zero-order valence-corrected chi connectivity index (χ0v) is 21.6. The molecule has 0 unspecified atom stereocenters. The van der Waals surface area contributed by atoms with E-state index >= 15 is 0 Å². The minimum atomic E-state index is -4.39. The first-order valence-corrected chi connectivity index (χ1v) is 12.4. The summed E-state index contributed by atoms with van der Waals surface area (Å²) >= 11 is 12.5. The summed E-state index contributed by atoms with van der Waals surface area (Å²) in [7, 11) is 1.61. The fraction of sp³-hybridized carbons (Fsp3) is 0.100. The van der Waals surface area contributed by atoms with Gasteiger partial charge in [0.1, 0.15) is 11.6 Å². The Balaban J connectivity index is 1.49. The molecule has 5 rings (SSSR count). The van der Waals surface area contributed by atoms with Gasteiger partial charge in [-0.25, -0.2) is 4.98 Å². The van der Waals surface area contributed by atoms with E-state index in [0.717, 1.165) is 40.4 Å². The van der Waals surface area contributed by atoms with E-state index in [1.165, 1.54) is 6.07 Å². The van der Waals surface area contributed by atoms with Gasteiger partial charge in [0.15, 0.2) is 0 Å². The fourth-order valence-corrected chi connectivity index (χ4v) is 4.71. The maximum atomic E-state index is 13.1. The van der Waals surface area contributed by atoms with Crippen LogP contribution in [0.3, 0.4) is 0 Å². The molecule has 1 aromatic heterocycles. The molecule has 0 saturated carbocycles. The minimum absolute atomic E-state index is 0.489. The lowest BCUT2D eigenvalue weighted by molar-refractivity contribution is -0.137. The van der Waals surface area contributed by atoms with Crippen LogP contribution in [0.25, 0.3) is 33.8 Å². The van der Waals surface area contributed by atoms with Crippen LogP contribution >= 0.6 is 23.2 Å². The van der Waals surface area contributed by atoms with Crippen LogP contribution in [-0.2, 0) is 12.7 Å². The topological polar surface area (TPSA) is 27.1 Å². The Kier molecular flexibility index (Phi) is 7.19. The van der Waals surface area contributed by atoms with Crippen molar-refractivity contribution in [2.24, 2.45) is 0 Å². The van der Waals surface area contributed by atoms with Crippen LogP contribution in [0.2, 0.25) is 10.0 Å². The molecule has 192 valence electrons. The lowest BCUT2D eigenvalue weighted by atomic mass is 10.0. The van der Waals surface area contributed by atoms with Gasteiger partial charge in [-0.05, 0) is 71.3 Å². The number of imidazole rings is 1. The summed E-state index contributed by atoms with van der Waals surface area (Å²) in [6, 6.07) is 25.7. The van der Waals surface area contributed by atoms with Crippen molar-refractivity contribution in [1.29, 1.82) is 0 Å². The Hall–Kier alpha value is -3.74. The van der Waals surface area contributed by atoms with Gasteiger partial charge in [-0.1, -0.05) is 59.6 Å². The van der Waals surface area contributed by atoms with Crippen molar-refractivity contribution in [1.82, 2.24) is 9.55 Å². The van der Waals surface area contributed by atoms with E-state index in [0.29, 0.717) is 33.4 Å². The largest absolute Gasteiger partial charge is 0.497 e. The summed E-state index contributed by atoms with van der Waals surface area (Å²) in [6.45, 7) is 0.489. The molecule has 5 aromatic rings. The highest BCUT2D eigenvalue weighted by Crippen LogP contribution is 2.34. The first-order chi connectivity index (χ1) is 18.2. The van der Waals surface area contributed by atoms with Gasteiger partial charge in [0, 0.05) is 28.9 Å². The van der Waals surface area contributed by atoms with Crippen LogP contribution in [0.4, 0.5) is 13.2 Å². The number of nitrogens with zero attached hydrogens (tertiary/aromatic N) is 2. The van der Waals surface area contributed by atoms with Gasteiger partial charge < -0.3 is 9.30 Å². The Labute approximate surface area is 228 Å². The number of rotatable bonds is 6. The summed E-state index contributed by atoms with van der Waals surface area (Å²) in [5.74, 6) is 1.47. The molecule has 0 aliphatic rings. The van der Waals surface area contributed by atoms with Crippen LogP contribution in [-0.4, -0.2) is 16.7 Å². The molecule has 4 aromatic carbocycles. The average molecular weight is 553 g/mol. The number of methoxy groups -OCH3 is 1. The van der Waals surface area contributed by atoms with Crippen molar-refractivity contribution in [2.45, 2.75) is 12.7 Å². The average Bonchev–Trinajstić information content (AvgIpc) is 3.32. The second-order valence-corrected chi connectivity index (χ2v) is 9.55. The quantitative estimate of drug-likeness (QED) is 0.210. The predicted octanol–water partition coefficient (Wildman–Crippen LogP) is 9.27. The molecule has 0 aliphatic carbocycles. The number of halogens is 5. The summed E-state index contributed by atoms with van der Waals surface area (Å²) in [5.41, 5.74) is 3.84. The van der Waals surface area contributed by atoms with Gasteiger partial charge in [0.05, 0.1) is 23.4 Å². The smallest absolute Gasteiger partial charge is 0.416 e. The fourth-order valence-electron chi connectivity index (χ4n) is 4.21. The van der Waals surface area contributed by atoms with Gasteiger partial charge >= 0.3 is 6.18 Å². The monoisotopic (exact) mass is 552 g/mol. The second-order valence-electron chi connectivity index (χ2n) is 8.71.